The average molecular weight is 375 g/mol. The molecule has 0 radical (unpaired) electrons. The van der Waals surface area contributed by atoms with Crippen molar-refractivity contribution in [1.82, 2.24) is 9.97 Å². The third-order valence-electron chi connectivity index (χ3n) is 4.60. The molecule has 0 spiro atoms. The van der Waals surface area contributed by atoms with E-state index in [9.17, 15) is 4.79 Å². The van der Waals surface area contributed by atoms with Crippen molar-refractivity contribution in [3.05, 3.63) is 60.4 Å². The fourth-order valence-corrected chi connectivity index (χ4v) is 3.20. The number of aryl methyl sites for hydroxylation is 1. The van der Waals surface area contributed by atoms with E-state index in [0.717, 1.165) is 33.8 Å². The van der Waals surface area contributed by atoms with Crippen molar-refractivity contribution in [2.45, 2.75) is 12.8 Å². The first-order valence-corrected chi connectivity index (χ1v) is 8.97. The van der Waals surface area contributed by atoms with E-state index in [4.69, 9.17) is 13.9 Å². The molecule has 28 heavy (non-hydrogen) atoms. The Kier molecular flexibility index (Phi) is 3.97. The summed E-state index contributed by atoms with van der Waals surface area (Å²) in [5.41, 5.74) is 3.40. The van der Waals surface area contributed by atoms with E-state index in [1.54, 1.807) is 6.26 Å². The average Bonchev–Trinajstić information content (AvgIpc) is 3.45. The van der Waals surface area contributed by atoms with Crippen LogP contribution in [-0.4, -0.2) is 22.7 Å². The summed E-state index contributed by atoms with van der Waals surface area (Å²) in [6.45, 7) is 0.247. The van der Waals surface area contributed by atoms with Crippen molar-refractivity contribution in [3.8, 4) is 23.1 Å². The van der Waals surface area contributed by atoms with Crippen molar-refractivity contribution < 1.29 is 18.7 Å². The number of carbonyl (C=O) groups excluding carboxylic acids is 1. The summed E-state index contributed by atoms with van der Waals surface area (Å²) in [6, 6.07) is 15.0. The number of hydrogen-bond acceptors (Lipinski definition) is 5. The monoisotopic (exact) mass is 375 g/mol. The fraction of sp³-hybridized carbons (Fsp3) is 0.143. The predicted molar refractivity (Wildman–Crippen MR) is 103 cm³/mol. The SMILES string of the molecule is O=C(CCc1ccc2c(c1)OCO2)Nc1ccc2nc(-c3ccco3)[nH]c2c1. The Hall–Kier alpha value is -3.74. The lowest BCUT2D eigenvalue weighted by Gasteiger charge is -2.06. The molecule has 2 aromatic carbocycles. The Labute approximate surface area is 160 Å². The number of hydrogen-bond donors (Lipinski definition) is 2. The zero-order valence-electron chi connectivity index (χ0n) is 14.9. The normalized spacial score (nSPS) is 12.4. The van der Waals surface area contributed by atoms with Crippen molar-refractivity contribution in [1.29, 1.82) is 0 Å². The van der Waals surface area contributed by atoms with Gasteiger partial charge in [-0.2, -0.15) is 0 Å². The Balaban J connectivity index is 1.25. The van der Waals surface area contributed by atoms with E-state index >= 15 is 0 Å². The van der Waals surface area contributed by atoms with Gasteiger partial charge in [-0.15, -0.1) is 0 Å². The van der Waals surface area contributed by atoms with Crippen LogP contribution < -0.4 is 14.8 Å². The highest BCUT2D eigenvalue weighted by molar-refractivity contribution is 5.93. The third-order valence-corrected chi connectivity index (χ3v) is 4.60. The van der Waals surface area contributed by atoms with Gasteiger partial charge in [0.05, 0.1) is 17.3 Å². The standard InChI is InChI=1S/C21H17N3O4/c25-20(8-4-13-3-7-17-19(10-13)28-12-27-17)22-14-5-6-15-16(11-14)24-21(23-15)18-2-1-9-26-18/h1-3,5-7,9-11H,4,8,12H2,(H,22,25)(H,23,24). The minimum absolute atomic E-state index is 0.0530. The largest absolute Gasteiger partial charge is 0.461 e. The minimum atomic E-state index is -0.0530. The fourth-order valence-electron chi connectivity index (χ4n) is 3.20. The van der Waals surface area contributed by atoms with Crippen LogP contribution in [0.5, 0.6) is 11.5 Å². The Morgan fingerprint density at radius 3 is 2.93 bits per heavy atom. The molecular weight excluding hydrogens is 358 g/mol. The number of H-pyrrole nitrogens is 1. The maximum Gasteiger partial charge on any atom is 0.231 e. The lowest BCUT2D eigenvalue weighted by molar-refractivity contribution is -0.116. The molecule has 0 bridgehead atoms. The third kappa shape index (κ3) is 3.18. The Morgan fingerprint density at radius 2 is 2.04 bits per heavy atom. The van der Waals surface area contributed by atoms with Crippen LogP contribution in [0.3, 0.4) is 0 Å². The molecule has 3 heterocycles. The highest BCUT2D eigenvalue weighted by Crippen LogP contribution is 2.32. The number of benzene rings is 2. The van der Waals surface area contributed by atoms with E-state index in [0.29, 0.717) is 24.4 Å². The van der Waals surface area contributed by atoms with E-state index in [2.05, 4.69) is 15.3 Å². The summed E-state index contributed by atoms with van der Waals surface area (Å²) in [5.74, 6) is 2.75. The predicted octanol–water partition coefficient (Wildman–Crippen LogP) is 4.12. The number of imidazole rings is 1. The van der Waals surface area contributed by atoms with Gasteiger partial charge in [-0.05, 0) is 54.4 Å². The number of fused-ring (bicyclic) bond motifs is 2. The molecule has 7 heteroatoms. The highest BCUT2D eigenvalue weighted by Gasteiger charge is 2.14. The molecule has 0 aliphatic carbocycles. The first kappa shape index (κ1) is 16.4. The number of ether oxygens (including phenoxy) is 2. The van der Waals surface area contributed by atoms with Crippen LogP contribution >= 0.6 is 0 Å². The van der Waals surface area contributed by atoms with Gasteiger partial charge in [-0.25, -0.2) is 4.98 Å². The summed E-state index contributed by atoms with van der Waals surface area (Å²) in [6.07, 6.45) is 2.60. The first-order chi connectivity index (χ1) is 13.7. The number of aromatic nitrogens is 2. The van der Waals surface area contributed by atoms with E-state index in [1.807, 2.05) is 48.5 Å². The summed E-state index contributed by atoms with van der Waals surface area (Å²) < 4.78 is 16.0. The molecule has 4 aromatic rings. The van der Waals surface area contributed by atoms with Crippen molar-refractivity contribution >= 4 is 22.6 Å². The zero-order chi connectivity index (χ0) is 18.9. The molecule has 140 valence electrons. The molecule has 1 aliphatic rings. The quantitative estimate of drug-likeness (QED) is 0.548. The van der Waals surface area contributed by atoms with Crippen molar-refractivity contribution in [3.63, 3.8) is 0 Å². The number of nitrogens with one attached hydrogen (secondary N) is 2. The molecule has 0 atom stereocenters. The maximum absolute atomic E-state index is 12.3. The molecule has 0 saturated heterocycles. The van der Waals surface area contributed by atoms with Crippen molar-refractivity contribution in [2.75, 3.05) is 12.1 Å². The number of amides is 1. The summed E-state index contributed by atoms with van der Waals surface area (Å²) in [5, 5.41) is 2.93. The number of carbonyl (C=O) groups is 1. The molecular formula is C21H17N3O4. The highest BCUT2D eigenvalue weighted by atomic mass is 16.7. The maximum atomic E-state index is 12.3. The van der Waals surface area contributed by atoms with Gasteiger partial charge in [-0.1, -0.05) is 6.07 Å². The van der Waals surface area contributed by atoms with E-state index < -0.39 is 0 Å². The Morgan fingerprint density at radius 1 is 1.11 bits per heavy atom. The second-order valence-electron chi connectivity index (χ2n) is 6.53. The van der Waals surface area contributed by atoms with Gasteiger partial charge in [0, 0.05) is 12.1 Å². The minimum Gasteiger partial charge on any atom is -0.461 e. The summed E-state index contributed by atoms with van der Waals surface area (Å²) >= 11 is 0. The Bertz CT molecular complexity index is 1150. The van der Waals surface area contributed by atoms with Crippen molar-refractivity contribution in [2.24, 2.45) is 0 Å². The van der Waals surface area contributed by atoms with Gasteiger partial charge >= 0.3 is 0 Å². The number of furan rings is 1. The first-order valence-electron chi connectivity index (χ1n) is 8.97. The number of rotatable bonds is 5. The van der Waals surface area contributed by atoms with Gasteiger partial charge in [0.2, 0.25) is 12.7 Å². The second-order valence-corrected chi connectivity index (χ2v) is 6.53. The summed E-state index contributed by atoms with van der Waals surface area (Å²) in [7, 11) is 0. The van der Waals surface area contributed by atoms with Crippen LogP contribution in [0, 0.1) is 0 Å². The number of nitrogens with zero attached hydrogens (tertiary/aromatic N) is 1. The number of anilines is 1. The summed E-state index contributed by atoms with van der Waals surface area (Å²) in [4.78, 5) is 20.0. The lowest BCUT2D eigenvalue weighted by Crippen LogP contribution is -2.12. The molecule has 1 aliphatic heterocycles. The molecule has 2 N–H and O–H groups in total. The lowest BCUT2D eigenvalue weighted by atomic mass is 10.1. The molecule has 2 aromatic heterocycles. The topological polar surface area (TPSA) is 89.4 Å². The van der Waals surface area contributed by atoms with Crippen LogP contribution in [-0.2, 0) is 11.2 Å². The number of aromatic amines is 1. The molecule has 5 rings (SSSR count). The van der Waals surface area contributed by atoms with Crippen LogP contribution in [0.4, 0.5) is 5.69 Å². The van der Waals surface area contributed by atoms with Gasteiger partial charge in [0.1, 0.15) is 0 Å². The zero-order valence-corrected chi connectivity index (χ0v) is 14.9. The van der Waals surface area contributed by atoms with Crippen LogP contribution in [0.1, 0.15) is 12.0 Å². The van der Waals surface area contributed by atoms with Gasteiger partial charge in [0.25, 0.3) is 0 Å². The molecule has 0 fully saturated rings. The van der Waals surface area contributed by atoms with Gasteiger partial charge in [0.15, 0.2) is 23.1 Å². The van der Waals surface area contributed by atoms with E-state index in [1.165, 1.54) is 0 Å². The smallest absolute Gasteiger partial charge is 0.231 e. The molecule has 0 saturated carbocycles. The molecule has 7 nitrogen and oxygen atoms in total. The molecule has 0 unspecified atom stereocenters. The van der Waals surface area contributed by atoms with Gasteiger partial charge in [-0.3, -0.25) is 4.79 Å². The second kappa shape index (κ2) is 6.77. The van der Waals surface area contributed by atoms with Crippen LogP contribution in [0.25, 0.3) is 22.6 Å². The van der Waals surface area contributed by atoms with Crippen LogP contribution in [0.15, 0.2) is 59.2 Å². The van der Waals surface area contributed by atoms with E-state index in [-0.39, 0.29) is 12.7 Å². The van der Waals surface area contributed by atoms with Gasteiger partial charge < -0.3 is 24.2 Å². The molecule has 1 amide bonds. The van der Waals surface area contributed by atoms with Crippen LogP contribution in [0.2, 0.25) is 0 Å².